The van der Waals surface area contributed by atoms with E-state index in [9.17, 15) is 8.96 Å². The van der Waals surface area contributed by atoms with E-state index in [4.69, 9.17) is 0 Å². The normalized spacial score (nSPS) is 14.4. The highest BCUT2D eigenvalue weighted by Crippen LogP contribution is 2.39. The third-order valence-electron chi connectivity index (χ3n) is 2.56. The highest BCUT2D eigenvalue weighted by molar-refractivity contribution is 7.78. The summed E-state index contributed by atoms with van der Waals surface area (Å²) >= 11 is 0. The summed E-state index contributed by atoms with van der Waals surface area (Å²) in [5.41, 5.74) is 0. The Morgan fingerprint density at radius 1 is 0.938 bits per heavy atom. The molecule has 0 aliphatic carbocycles. The predicted octanol–water partition coefficient (Wildman–Crippen LogP) is 2.77. The molecule has 0 spiro atoms. The lowest BCUT2D eigenvalue weighted by Crippen LogP contribution is -2.17. The fraction of sp³-hybridized carbons (Fsp3) is 0.0769. The van der Waals surface area contributed by atoms with Crippen molar-refractivity contribution < 1.29 is 8.96 Å². The van der Waals surface area contributed by atoms with Crippen LogP contribution < -0.4 is 10.6 Å². The maximum Gasteiger partial charge on any atom is 0.143 e. The lowest BCUT2D eigenvalue weighted by Gasteiger charge is -2.14. The zero-order valence-electron chi connectivity index (χ0n) is 8.93. The summed E-state index contributed by atoms with van der Waals surface area (Å²) in [4.78, 5) is 0. The molecule has 3 heteroatoms. The van der Waals surface area contributed by atoms with Crippen molar-refractivity contribution >= 4 is 17.8 Å². The molecule has 0 saturated heterocycles. The molecule has 16 heavy (non-hydrogen) atoms. The first-order valence-corrected chi connectivity index (χ1v) is 7.16. The summed E-state index contributed by atoms with van der Waals surface area (Å²) in [7, 11) is -2.81. The molecule has 0 N–H and O–H groups in total. The van der Waals surface area contributed by atoms with E-state index in [1.165, 1.54) is 6.07 Å². The van der Waals surface area contributed by atoms with Crippen molar-refractivity contribution in [2.75, 3.05) is 6.66 Å². The van der Waals surface area contributed by atoms with Gasteiger partial charge in [0.1, 0.15) is 13.0 Å². The van der Waals surface area contributed by atoms with Crippen LogP contribution in [0.5, 0.6) is 0 Å². The van der Waals surface area contributed by atoms with Crippen molar-refractivity contribution in [2.45, 2.75) is 0 Å². The molecule has 0 heterocycles. The molecule has 0 aromatic heterocycles. The number of rotatable bonds is 2. The van der Waals surface area contributed by atoms with Gasteiger partial charge in [0, 0.05) is 5.30 Å². The van der Waals surface area contributed by atoms with Gasteiger partial charge < -0.3 is 4.57 Å². The number of halogens is 1. The monoisotopic (exact) mass is 234 g/mol. The Balaban J connectivity index is 2.56. The van der Waals surface area contributed by atoms with Crippen LogP contribution in [0.2, 0.25) is 0 Å². The van der Waals surface area contributed by atoms with Gasteiger partial charge in [0.05, 0.1) is 5.30 Å². The van der Waals surface area contributed by atoms with Crippen molar-refractivity contribution in [3.63, 3.8) is 0 Å². The van der Waals surface area contributed by atoms with Crippen LogP contribution in [0.25, 0.3) is 0 Å². The molecule has 82 valence electrons. The van der Waals surface area contributed by atoms with E-state index in [0.717, 1.165) is 0 Å². The molecule has 1 atom stereocenters. The Bertz CT molecular complexity index is 537. The minimum atomic E-state index is -2.81. The van der Waals surface area contributed by atoms with E-state index in [1.807, 2.05) is 18.2 Å². The standard InChI is InChI=1S/C13H12FOP/c1-16(15,11-7-3-2-4-8-11)13-10-6-5-9-12(13)14/h2-10H,1H3. The summed E-state index contributed by atoms with van der Waals surface area (Å²) in [5.74, 6) is -0.405. The van der Waals surface area contributed by atoms with Crippen molar-refractivity contribution in [2.24, 2.45) is 0 Å². The molecule has 0 amide bonds. The van der Waals surface area contributed by atoms with Gasteiger partial charge in [-0.3, -0.25) is 0 Å². The van der Waals surface area contributed by atoms with E-state index in [0.29, 0.717) is 10.6 Å². The molecular formula is C13H12FOP. The number of hydrogen-bond acceptors (Lipinski definition) is 1. The summed E-state index contributed by atoms with van der Waals surface area (Å²) in [6.45, 7) is 1.60. The van der Waals surface area contributed by atoms with Crippen LogP contribution in [-0.4, -0.2) is 6.66 Å². The van der Waals surface area contributed by atoms with Crippen LogP contribution in [0, 0.1) is 5.82 Å². The van der Waals surface area contributed by atoms with Gasteiger partial charge in [-0.25, -0.2) is 4.39 Å². The summed E-state index contributed by atoms with van der Waals surface area (Å²) in [6.07, 6.45) is 0. The molecule has 0 fully saturated rings. The molecular weight excluding hydrogens is 222 g/mol. The van der Waals surface area contributed by atoms with Crippen molar-refractivity contribution in [1.29, 1.82) is 0 Å². The fourth-order valence-electron chi connectivity index (χ4n) is 1.65. The number of benzene rings is 2. The Morgan fingerprint density at radius 3 is 2.12 bits per heavy atom. The van der Waals surface area contributed by atoms with Gasteiger partial charge in [-0.05, 0) is 18.8 Å². The minimum Gasteiger partial charge on any atom is -0.314 e. The molecule has 2 aromatic rings. The summed E-state index contributed by atoms with van der Waals surface area (Å²) in [6, 6.07) is 15.3. The van der Waals surface area contributed by atoms with Gasteiger partial charge in [-0.15, -0.1) is 0 Å². The van der Waals surface area contributed by atoms with Crippen LogP contribution in [0.1, 0.15) is 0 Å². The molecule has 0 radical (unpaired) electrons. The topological polar surface area (TPSA) is 17.1 Å². The average molecular weight is 234 g/mol. The lowest BCUT2D eigenvalue weighted by molar-refractivity contribution is 0.587. The highest BCUT2D eigenvalue weighted by Gasteiger charge is 2.23. The Kier molecular flexibility index (Phi) is 2.93. The molecule has 1 nitrogen and oxygen atoms in total. The molecule has 0 saturated carbocycles. The zero-order chi connectivity index (χ0) is 11.6. The SMILES string of the molecule is CP(=O)(c1ccccc1)c1ccccc1F. The van der Waals surface area contributed by atoms with Gasteiger partial charge in [0.15, 0.2) is 0 Å². The largest absolute Gasteiger partial charge is 0.314 e. The van der Waals surface area contributed by atoms with E-state index in [1.54, 1.807) is 37.0 Å². The van der Waals surface area contributed by atoms with Crippen LogP contribution in [0.15, 0.2) is 54.6 Å². The second-order valence-electron chi connectivity index (χ2n) is 3.71. The Hall–Kier alpha value is -1.40. The molecule has 2 rings (SSSR count). The third kappa shape index (κ3) is 1.94. The first kappa shape index (κ1) is 11.1. The van der Waals surface area contributed by atoms with E-state index >= 15 is 0 Å². The van der Waals surface area contributed by atoms with Gasteiger partial charge in [-0.1, -0.05) is 42.5 Å². The highest BCUT2D eigenvalue weighted by atomic mass is 31.2. The van der Waals surface area contributed by atoms with Gasteiger partial charge in [0.2, 0.25) is 0 Å². The molecule has 0 aliphatic heterocycles. The lowest BCUT2D eigenvalue weighted by atomic mass is 10.3. The van der Waals surface area contributed by atoms with Crippen molar-refractivity contribution in [3.8, 4) is 0 Å². The predicted molar refractivity (Wildman–Crippen MR) is 65.6 cm³/mol. The second-order valence-corrected chi connectivity index (χ2v) is 6.56. The first-order chi connectivity index (χ1) is 7.62. The summed E-state index contributed by atoms with van der Waals surface area (Å²) < 4.78 is 26.2. The van der Waals surface area contributed by atoms with E-state index in [2.05, 4.69) is 0 Å². The van der Waals surface area contributed by atoms with E-state index < -0.39 is 13.0 Å². The first-order valence-electron chi connectivity index (χ1n) is 5.00. The fourth-order valence-corrected chi connectivity index (χ4v) is 3.52. The zero-order valence-corrected chi connectivity index (χ0v) is 9.82. The maximum absolute atomic E-state index is 13.6. The van der Waals surface area contributed by atoms with Crippen LogP contribution in [-0.2, 0) is 4.57 Å². The smallest absolute Gasteiger partial charge is 0.143 e. The second kappa shape index (κ2) is 4.23. The van der Waals surface area contributed by atoms with Crippen LogP contribution in [0.3, 0.4) is 0 Å². The third-order valence-corrected chi connectivity index (χ3v) is 5.13. The maximum atomic E-state index is 13.6. The molecule has 0 bridgehead atoms. The van der Waals surface area contributed by atoms with Crippen molar-refractivity contribution in [1.82, 2.24) is 0 Å². The van der Waals surface area contributed by atoms with Gasteiger partial charge in [0.25, 0.3) is 0 Å². The van der Waals surface area contributed by atoms with Gasteiger partial charge >= 0.3 is 0 Å². The average Bonchev–Trinajstić information content (AvgIpc) is 2.30. The summed E-state index contributed by atoms with van der Waals surface area (Å²) in [5, 5.41) is 0.973. The minimum absolute atomic E-state index is 0.293. The van der Waals surface area contributed by atoms with E-state index in [-0.39, 0.29) is 0 Å². The van der Waals surface area contributed by atoms with Gasteiger partial charge in [-0.2, -0.15) is 0 Å². The van der Waals surface area contributed by atoms with Crippen LogP contribution >= 0.6 is 7.14 Å². The molecule has 2 aromatic carbocycles. The quantitative estimate of drug-likeness (QED) is 0.730. The Labute approximate surface area is 94.3 Å². The molecule has 1 unspecified atom stereocenters. The molecule has 0 aliphatic rings. The number of hydrogen-bond donors (Lipinski definition) is 0. The van der Waals surface area contributed by atoms with Crippen molar-refractivity contribution in [3.05, 3.63) is 60.4 Å². The van der Waals surface area contributed by atoms with Crippen LogP contribution in [0.4, 0.5) is 4.39 Å². The Morgan fingerprint density at radius 2 is 1.50 bits per heavy atom.